The van der Waals surface area contributed by atoms with Crippen molar-refractivity contribution in [2.24, 2.45) is 0 Å². The fourth-order valence-corrected chi connectivity index (χ4v) is 3.91. The van der Waals surface area contributed by atoms with Crippen molar-refractivity contribution in [1.82, 2.24) is 4.90 Å². The molecule has 1 aliphatic rings. The van der Waals surface area contributed by atoms with Gasteiger partial charge >= 0.3 is 5.97 Å². The molecular weight excluding hydrogens is 410 g/mol. The molecule has 3 aromatic rings. The van der Waals surface area contributed by atoms with Crippen LogP contribution in [0.15, 0.2) is 83.8 Å². The number of amides is 2. The van der Waals surface area contributed by atoms with Crippen LogP contribution in [0, 0.1) is 6.92 Å². The summed E-state index contributed by atoms with van der Waals surface area (Å²) in [6, 6.07) is 23.4. The largest absolute Gasteiger partial charge is 0.422 e. The number of nitrogens with zero attached hydrogens (tertiary/aromatic N) is 1. The lowest BCUT2D eigenvalue weighted by Gasteiger charge is -2.12. The predicted molar refractivity (Wildman–Crippen MR) is 121 cm³/mol. The molecule has 0 aliphatic carbocycles. The number of aryl methyl sites for hydroxylation is 1. The normalized spacial score (nSPS) is 14.9. The summed E-state index contributed by atoms with van der Waals surface area (Å²) >= 11 is 0.879. The second-order valence-corrected chi connectivity index (χ2v) is 8.04. The van der Waals surface area contributed by atoms with Crippen molar-refractivity contribution in [2.45, 2.75) is 13.5 Å². The number of hydrogen-bond acceptors (Lipinski definition) is 5. The number of carbonyl (C=O) groups excluding carboxylic acids is 3. The van der Waals surface area contributed by atoms with Crippen LogP contribution in [-0.2, 0) is 11.3 Å². The molecule has 31 heavy (non-hydrogen) atoms. The number of ether oxygens (including phenoxy) is 1. The average Bonchev–Trinajstić information content (AvgIpc) is 3.03. The van der Waals surface area contributed by atoms with Gasteiger partial charge in [-0.2, -0.15) is 0 Å². The lowest BCUT2D eigenvalue weighted by Crippen LogP contribution is -2.27. The van der Waals surface area contributed by atoms with E-state index in [4.69, 9.17) is 4.74 Å². The molecule has 0 N–H and O–H groups in total. The number of hydrogen-bond donors (Lipinski definition) is 0. The number of carbonyl (C=O) groups is 3. The van der Waals surface area contributed by atoms with Gasteiger partial charge in [0.15, 0.2) is 0 Å². The summed E-state index contributed by atoms with van der Waals surface area (Å²) in [4.78, 5) is 39.2. The van der Waals surface area contributed by atoms with Crippen molar-refractivity contribution < 1.29 is 19.1 Å². The number of esters is 1. The molecule has 1 heterocycles. The van der Waals surface area contributed by atoms with Gasteiger partial charge in [0.25, 0.3) is 11.1 Å². The summed E-state index contributed by atoms with van der Waals surface area (Å²) in [5, 5.41) is -0.325. The minimum Gasteiger partial charge on any atom is -0.422 e. The summed E-state index contributed by atoms with van der Waals surface area (Å²) < 4.78 is 5.56. The maximum absolute atomic E-state index is 12.8. The van der Waals surface area contributed by atoms with E-state index in [-0.39, 0.29) is 17.7 Å². The molecule has 4 rings (SSSR count). The average molecular weight is 429 g/mol. The van der Waals surface area contributed by atoms with E-state index in [0.717, 1.165) is 22.9 Å². The van der Waals surface area contributed by atoms with Crippen LogP contribution < -0.4 is 4.74 Å². The molecule has 1 fully saturated rings. The molecule has 0 radical (unpaired) electrons. The Hall–Kier alpha value is -3.64. The summed E-state index contributed by atoms with van der Waals surface area (Å²) in [5.74, 6) is -0.528. The van der Waals surface area contributed by atoms with E-state index in [1.165, 1.54) is 4.90 Å². The first-order valence-corrected chi connectivity index (χ1v) is 10.5. The van der Waals surface area contributed by atoms with E-state index in [0.29, 0.717) is 21.8 Å². The van der Waals surface area contributed by atoms with Crippen molar-refractivity contribution in [3.8, 4) is 5.75 Å². The van der Waals surface area contributed by atoms with Crippen LogP contribution in [-0.4, -0.2) is 22.0 Å². The highest BCUT2D eigenvalue weighted by Gasteiger charge is 2.35. The SMILES string of the molecule is Cc1ccc(C(=O)Oc2ccccc2/C=C2\SC(=O)N(Cc3ccccc3)C2=O)cc1. The zero-order chi connectivity index (χ0) is 21.8. The molecule has 6 heteroatoms. The topological polar surface area (TPSA) is 63.7 Å². The molecule has 3 aromatic carbocycles. The highest BCUT2D eigenvalue weighted by atomic mass is 32.2. The van der Waals surface area contributed by atoms with E-state index in [1.54, 1.807) is 42.5 Å². The van der Waals surface area contributed by atoms with Gasteiger partial charge in [-0.25, -0.2) is 4.79 Å². The Morgan fingerprint density at radius 1 is 0.935 bits per heavy atom. The Balaban J connectivity index is 1.55. The van der Waals surface area contributed by atoms with Crippen LogP contribution >= 0.6 is 11.8 Å². The number of thioether (sulfide) groups is 1. The van der Waals surface area contributed by atoms with E-state index < -0.39 is 5.97 Å². The molecule has 1 aliphatic heterocycles. The van der Waals surface area contributed by atoms with Crippen LogP contribution in [0.3, 0.4) is 0 Å². The van der Waals surface area contributed by atoms with E-state index >= 15 is 0 Å². The van der Waals surface area contributed by atoms with Gasteiger partial charge in [-0.05, 0) is 48.5 Å². The quantitative estimate of drug-likeness (QED) is 0.307. The van der Waals surface area contributed by atoms with Gasteiger partial charge < -0.3 is 4.74 Å². The smallest absolute Gasteiger partial charge is 0.343 e. The molecule has 5 nitrogen and oxygen atoms in total. The molecule has 154 valence electrons. The summed E-state index contributed by atoms with van der Waals surface area (Å²) in [5.41, 5.74) is 2.90. The van der Waals surface area contributed by atoms with Gasteiger partial charge in [-0.15, -0.1) is 0 Å². The third-order valence-electron chi connectivity index (χ3n) is 4.75. The van der Waals surface area contributed by atoms with Crippen LogP contribution in [0.1, 0.15) is 27.0 Å². The van der Waals surface area contributed by atoms with Crippen molar-refractivity contribution >= 4 is 35.0 Å². The second-order valence-electron chi connectivity index (χ2n) is 7.05. The van der Waals surface area contributed by atoms with Gasteiger partial charge in [-0.1, -0.05) is 66.2 Å². The molecule has 0 bridgehead atoms. The number of para-hydroxylation sites is 1. The van der Waals surface area contributed by atoms with Crippen LogP contribution in [0.5, 0.6) is 5.75 Å². The summed E-state index contributed by atoms with van der Waals surface area (Å²) in [6.07, 6.45) is 1.59. The Bertz CT molecular complexity index is 1170. The fraction of sp³-hybridized carbons (Fsp3) is 0.0800. The van der Waals surface area contributed by atoms with Crippen molar-refractivity contribution in [3.63, 3.8) is 0 Å². The Morgan fingerprint density at radius 2 is 1.61 bits per heavy atom. The number of benzene rings is 3. The Labute approximate surface area is 184 Å². The molecule has 0 spiro atoms. The van der Waals surface area contributed by atoms with Gasteiger partial charge in [0.05, 0.1) is 17.0 Å². The van der Waals surface area contributed by atoms with Gasteiger partial charge in [0, 0.05) is 5.56 Å². The summed E-state index contributed by atoms with van der Waals surface area (Å²) in [6.45, 7) is 2.15. The third-order valence-corrected chi connectivity index (χ3v) is 5.66. The van der Waals surface area contributed by atoms with E-state index in [9.17, 15) is 14.4 Å². The second kappa shape index (κ2) is 9.02. The molecule has 0 atom stereocenters. The molecule has 0 saturated carbocycles. The Kier molecular flexibility index (Phi) is 6.00. The van der Waals surface area contributed by atoms with Crippen LogP contribution in [0.25, 0.3) is 6.08 Å². The standard InChI is InChI=1S/C25H19NO4S/c1-17-11-13-19(14-12-17)24(28)30-21-10-6-5-9-20(21)15-22-23(27)26(25(29)31-22)16-18-7-3-2-4-8-18/h2-15H,16H2,1H3/b22-15-. The van der Waals surface area contributed by atoms with Crippen molar-refractivity contribution in [1.29, 1.82) is 0 Å². The first-order chi connectivity index (χ1) is 15.0. The molecule has 0 aromatic heterocycles. The molecule has 1 saturated heterocycles. The monoisotopic (exact) mass is 429 g/mol. The highest BCUT2D eigenvalue weighted by molar-refractivity contribution is 8.18. The zero-order valence-corrected chi connectivity index (χ0v) is 17.6. The zero-order valence-electron chi connectivity index (χ0n) is 16.8. The minimum atomic E-state index is -0.488. The van der Waals surface area contributed by atoms with Gasteiger partial charge in [-0.3, -0.25) is 14.5 Å². The highest BCUT2D eigenvalue weighted by Crippen LogP contribution is 2.35. The van der Waals surface area contributed by atoms with E-state index in [2.05, 4.69) is 0 Å². The van der Waals surface area contributed by atoms with Crippen LogP contribution in [0.2, 0.25) is 0 Å². The minimum absolute atomic E-state index is 0.215. The van der Waals surface area contributed by atoms with Gasteiger partial charge in [0.2, 0.25) is 0 Å². The number of imide groups is 1. The molecule has 0 unspecified atom stereocenters. The van der Waals surface area contributed by atoms with Crippen molar-refractivity contribution in [2.75, 3.05) is 0 Å². The first-order valence-electron chi connectivity index (χ1n) is 9.68. The molecular formula is C25H19NO4S. The maximum Gasteiger partial charge on any atom is 0.343 e. The summed E-state index contributed by atoms with van der Waals surface area (Å²) in [7, 11) is 0. The lowest BCUT2D eigenvalue weighted by atomic mass is 10.1. The van der Waals surface area contributed by atoms with Gasteiger partial charge in [0.1, 0.15) is 5.75 Å². The Morgan fingerprint density at radius 3 is 2.35 bits per heavy atom. The van der Waals surface area contributed by atoms with Crippen LogP contribution in [0.4, 0.5) is 4.79 Å². The lowest BCUT2D eigenvalue weighted by molar-refractivity contribution is -0.123. The fourth-order valence-electron chi connectivity index (χ4n) is 3.08. The predicted octanol–water partition coefficient (Wildman–Crippen LogP) is 5.45. The first kappa shape index (κ1) is 20.6. The third kappa shape index (κ3) is 4.75. The van der Waals surface area contributed by atoms with E-state index in [1.807, 2.05) is 49.4 Å². The maximum atomic E-state index is 12.8. The number of rotatable bonds is 5. The molecule has 2 amide bonds. The van der Waals surface area contributed by atoms with Crippen molar-refractivity contribution in [3.05, 3.63) is 106 Å².